The fourth-order valence-electron chi connectivity index (χ4n) is 3.56. The van der Waals surface area contributed by atoms with Crippen LogP contribution in [0.3, 0.4) is 0 Å². The second kappa shape index (κ2) is 5.34. The lowest BCUT2D eigenvalue weighted by Gasteiger charge is -2.25. The predicted molar refractivity (Wildman–Crippen MR) is 95.5 cm³/mol. The highest BCUT2D eigenvalue weighted by Crippen LogP contribution is 2.27. The second-order valence-corrected chi connectivity index (χ2v) is 6.31. The molecule has 3 aromatic rings. The van der Waals surface area contributed by atoms with Gasteiger partial charge < -0.3 is 9.47 Å². The van der Waals surface area contributed by atoms with Gasteiger partial charge in [0.05, 0.1) is 11.0 Å². The van der Waals surface area contributed by atoms with Gasteiger partial charge in [0.1, 0.15) is 5.82 Å². The van der Waals surface area contributed by atoms with Gasteiger partial charge in [0.2, 0.25) is 0 Å². The van der Waals surface area contributed by atoms with Crippen molar-refractivity contribution in [2.24, 2.45) is 0 Å². The Morgan fingerprint density at radius 3 is 2.58 bits per heavy atom. The summed E-state index contributed by atoms with van der Waals surface area (Å²) < 4.78 is 2.39. The Hall–Kier alpha value is -2.88. The van der Waals surface area contributed by atoms with E-state index in [0.29, 0.717) is 0 Å². The van der Waals surface area contributed by atoms with Crippen LogP contribution in [0.1, 0.15) is 5.82 Å². The minimum absolute atomic E-state index is 0.983. The number of hydrogen-bond acceptors (Lipinski definition) is 3. The molecule has 3 heterocycles. The van der Waals surface area contributed by atoms with Crippen molar-refractivity contribution in [1.82, 2.24) is 19.4 Å². The molecule has 1 aromatic carbocycles. The van der Waals surface area contributed by atoms with Crippen molar-refractivity contribution in [2.75, 3.05) is 13.1 Å². The molecule has 0 radical (unpaired) electrons. The van der Waals surface area contributed by atoms with E-state index in [1.807, 2.05) is 12.4 Å². The van der Waals surface area contributed by atoms with Crippen molar-refractivity contribution in [3.63, 3.8) is 0 Å². The fourth-order valence-corrected chi connectivity index (χ4v) is 3.56. The summed E-state index contributed by atoms with van der Waals surface area (Å²) in [5, 5.41) is 0. The summed E-state index contributed by atoms with van der Waals surface area (Å²) in [5.74, 6) is 1.20. The van der Waals surface area contributed by atoms with E-state index < -0.39 is 0 Å². The van der Waals surface area contributed by atoms with Gasteiger partial charge in [-0.05, 0) is 47.5 Å². The molecule has 0 unspecified atom stereocenters. The first-order valence-corrected chi connectivity index (χ1v) is 8.41. The van der Waals surface area contributed by atoms with Gasteiger partial charge in [0, 0.05) is 44.1 Å². The molecule has 0 spiro atoms. The molecule has 5 rings (SSSR count). The van der Waals surface area contributed by atoms with E-state index in [1.165, 1.54) is 28.2 Å². The molecule has 118 valence electrons. The van der Waals surface area contributed by atoms with Gasteiger partial charge in [-0.3, -0.25) is 4.98 Å². The first kappa shape index (κ1) is 13.5. The molecule has 0 bridgehead atoms. The van der Waals surface area contributed by atoms with Crippen LogP contribution in [0.15, 0.2) is 66.7 Å². The highest BCUT2D eigenvalue weighted by molar-refractivity contribution is 5.82. The lowest BCUT2D eigenvalue weighted by Crippen LogP contribution is -2.26. The standard InChI is InChI=1S/C20H18N4/c1-2-17(3-1)23-11-8-20-22-18-5-4-16(15-6-9-21-10-7-15)14-19(18)24(20)13-12-23/h1-7,9-10,14H,8,11-13H2. The highest BCUT2D eigenvalue weighted by Gasteiger charge is 2.19. The third kappa shape index (κ3) is 2.14. The minimum atomic E-state index is 0.983. The molecular formula is C20H18N4. The average molecular weight is 314 g/mol. The summed E-state index contributed by atoms with van der Waals surface area (Å²) in [6.45, 7) is 3.06. The summed E-state index contributed by atoms with van der Waals surface area (Å²) in [6, 6.07) is 10.7. The van der Waals surface area contributed by atoms with Crippen LogP contribution in [-0.2, 0) is 13.0 Å². The van der Waals surface area contributed by atoms with Crippen LogP contribution in [0, 0.1) is 0 Å². The van der Waals surface area contributed by atoms with Gasteiger partial charge in [0.25, 0.3) is 0 Å². The largest absolute Gasteiger partial charge is 0.369 e. The molecule has 0 atom stereocenters. The van der Waals surface area contributed by atoms with E-state index in [2.05, 4.69) is 63.0 Å². The Balaban J connectivity index is 1.53. The zero-order chi connectivity index (χ0) is 15.9. The van der Waals surface area contributed by atoms with Gasteiger partial charge >= 0.3 is 0 Å². The van der Waals surface area contributed by atoms with E-state index in [-0.39, 0.29) is 0 Å². The molecule has 24 heavy (non-hydrogen) atoms. The molecule has 4 nitrogen and oxygen atoms in total. The molecule has 1 aliphatic carbocycles. The van der Waals surface area contributed by atoms with Gasteiger partial charge in [-0.25, -0.2) is 4.98 Å². The number of aromatic nitrogens is 3. The minimum Gasteiger partial charge on any atom is -0.369 e. The van der Waals surface area contributed by atoms with Crippen LogP contribution >= 0.6 is 0 Å². The molecule has 0 amide bonds. The van der Waals surface area contributed by atoms with E-state index in [0.717, 1.165) is 31.6 Å². The van der Waals surface area contributed by atoms with Crippen LogP contribution in [0.25, 0.3) is 22.2 Å². The van der Waals surface area contributed by atoms with Crippen LogP contribution in [0.2, 0.25) is 0 Å². The first-order chi connectivity index (χ1) is 11.9. The third-order valence-corrected chi connectivity index (χ3v) is 4.94. The molecule has 2 aliphatic rings. The third-order valence-electron chi connectivity index (χ3n) is 4.94. The van der Waals surface area contributed by atoms with Crippen molar-refractivity contribution in [1.29, 1.82) is 0 Å². The first-order valence-electron chi connectivity index (χ1n) is 8.41. The van der Waals surface area contributed by atoms with Gasteiger partial charge in [-0.2, -0.15) is 0 Å². The average Bonchev–Trinajstić information content (AvgIpc) is 2.80. The number of imidazole rings is 1. The lowest BCUT2D eigenvalue weighted by atomic mass is 10.1. The normalized spacial score (nSPS) is 16.5. The summed E-state index contributed by atoms with van der Waals surface area (Å²) in [6.07, 6.45) is 11.2. The molecule has 1 aliphatic heterocycles. The summed E-state index contributed by atoms with van der Waals surface area (Å²) in [5.41, 5.74) is 6.10. The van der Waals surface area contributed by atoms with Crippen molar-refractivity contribution >= 4 is 11.0 Å². The van der Waals surface area contributed by atoms with Crippen molar-refractivity contribution in [3.8, 4) is 11.1 Å². The molecule has 0 N–H and O–H groups in total. The number of pyridine rings is 1. The number of allylic oxidation sites excluding steroid dienone is 3. The number of fused-ring (bicyclic) bond motifs is 3. The number of benzene rings is 1. The summed E-state index contributed by atoms with van der Waals surface area (Å²) in [4.78, 5) is 11.4. The molecule has 2 aromatic heterocycles. The maximum Gasteiger partial charge on any atom is 0.111 e. The van der Waals surface area contributed by atoms with Crippen LogP contribution < -0.4 is 0 Å². The Bertz CT molecular complexity index is 966. The zero-order valence-corrected chi connectivity index (χ0v) is 13.4. The van der Waals surface area contributed by atoms with E-state index in [9.17, 15) is 0 Å². The highest BCUT2D eigenvalue weighted by atomic mass is 15.2. The van der Waals surface area contributed by atoms with E-state index >= 15 is 0 Å². The summed E-state index contributed by atoms with van der Waals surface area (Å²) >= 11 is 0. The number of hydrogen-bond donors (Lipinski definition) is 0. The lowest BCUT2D eigenvalue weighted by molar-refractivity contribution is 0.359. The van der Waals surface area contributed by atoms with Gasteiger partial charge in [0.15, 0.2) is 0 Å². The Morgan fingerprint density at radius 2 is 1.79 bits per heavy atom. The van der Waals surface area contributed by atoms with E-state index in [1.54, 1.807) is 0 Å². The topological polar surface area (TPSA) is 34.0 Å². The van der Waals surface area contributed by atoms with Crippen molar-refractivity contribution in [2.45, 2.75) is 13.0 Å². The number of rotatable bonds is 2. The predicted octanol–water partition coefficient (Wildman–Crippen LogP) is 3.41. The van der Waals surface area contributed by atoms with Crippen LogP contribution in [0.5, 0.6) is 0 Å². The Morgan fingerprint density at radius 1 is 0.917 bits per heavy atom. The maximum atomic E-state index is 4.87. The van der Waals surface area contributed by atoms with Crippen molar-refractivity contribution < 1.29 is 0 Å². The SMILES string of the molecule is C1=CC(N2CCc3nc4ccc(-c5ccncc5)cc4n3CC2)=C1. The fraction of sp³-hybridized carbons (Fsp3) is 0.200. The zero-order valence-electron chi connectivity index (χ0n) is 13.4. The summed E-state index contributed by atoms with van der Waals surface area (Å²) in [7, 11) is 0. The van der Waals surface area contributed by atoms with Gasteiger partial charge in [-0.15, -0.1) is 0 Å². The van der Waals surface area contributed by atoms with Gasteiger partial charge in [-0.1, -0.05) is 12.1 Å². The molecule has 0 fully saturated rings. The molecular weight excluding hydrogens is 296 g/mol. The monoisotopic (exact) mass is 314 g/mol. The Labute approximate surface area is 140 Å². The van der Waals surface area contributed by atoms with Crippen LogP contribution in [-0.4, -0.2) is 32.5 Å². The smallest absolute Gasteiger partial charge is 0.111 e. The van der Waals surface area contributed by atoms with E-state index in [4.69, 9.17) is 4.98 Å². The van der Waals surface area contributed by atoms with Crippen molar-refractivity contribution in [3.05, 3.63) is 72.5 Å². The maximum absolute atomic E-state index is 4.87. The Kier molecular flexibility index (Phi) is 3.01. The molecule has 0 saturated heterocycles. The molecule has 0 saturated carbocycles. The molecule has 4 heteroatoms. The quantitative estimate of drug-likeness (QED) is 0.727. The van der Waals surface area contributed by atoms with Crippen LogP contribution in [0.4, 0.5) is 0 Å². The number of nitrogens with zero attached hydrogens (tertiary/aromatic N) is 4. The second-order valence-electron chi connectivity index (χ2n) is 6.31.